The third-order valence-corrected chi connectivity index (χ3v) is 5.68. The van der Waals surface area contributed by atoms with Gasteiger partial charge >= 0.3 is 0 Å². The summed E-state index contributed by atoms with van der Waals surface area (Å²) in [4.78, 5) is 4.14. The molecule has 3 rings (SSSR count). The number of hydrogen-bond donors (Lipinski definition) is 0. The van der Waals surface area contributed by atoms with Crippen LogP contribution in [0.25, 0.3) is 0 Å². The van der Waals surface area contributed by atoms with Gasteiger partial charge in [0.1, 0.15) is 11.6 Å². The van der Waals surface area contributed by atoms with Crippen molar-refractivity contribution >= 4 is 46.4 Å². The van der Waals surface area contributed by atoms with Gasteiger partial charge in [0.15, 0.2) is 0 Å². The van der Waals surface area contributed by atoms with Gasteiger partial charge in [0, 0.05) is 34.0 Å². The molecule has 3 nitrogen and oxygen atoms in total. The Balaban J connectivity index is 1.68. The number of nitrogens with zero attached hydrogens (tertiary/aromatic N) is 2. The Morgan fingerprint density at radius 2 is 1.75 bits per heavy atom. The predicted octanol–water partition coefficient (Wildman–Crippen LogP) is 6.70. The minimum absolute atomic E-state index is 0.333. The average molecular weight is 458 g/mol. The lowest BCUT2D eigenvalue weighted by Crippen LogP contribution is -2.35. The van der Waals surface area contributed by atoms with Crippen molar-refractivity contribution in [3.63, 3.8) is 0 Å². The Hall–Kier alpha value is -1.36. The zero-order chi connectivity index (χ0) is 20.1. The largest absolute Gasteiger partial charge is 0.366 e. The van der Waals surface area contributed by atoms with Crippen LogP contribution in [0.15, 0.2) is 67.5 Å². The molecule has 0 radical (unpaired) electrons. The SMILES string of the molecule is C=CCOC(c1ccc(Cl)cc1)C(Cl)N1C=CN(Cc2ccc(Cl)cc2Cl)C1. The first-order chi connectivity index (χ1) is 13.5. The van der Waals surface area contributed by atoms with Gasteiger partial charge in [-0.2, -0.15) is 0 Å². The lowest BCUT2D eigenvalue weighted by Gasteiger charge is -2.31. The molecule has 2 unspecified atom stereocenters. The summed E-state index contributed by atoms with van der Waals surface area (Å²) in [7, 11) is 0. The molecule has 1 heterocycles. The van der Waals surface area contributed by atoms with Crippen LogP contribution in [0, 0.1) is 0 Å². The van der Waals surface area contributed by atoms with Crippen LogP contribution in [0.5, 0.6) is 0 Å². The fraction of sp³-hybridized carbons (Fsp3) is 0.238. The second kappa shape index (κ2) is 9.91. The zero-order valence-electron chi connectivity index (χ0n) is 15.1. The fourth-order valence-electron chi connectivity index (χ4n) is 2.95. The summed E-state index contributed by atoms with van der Waals surface area (Å²) in [5.41, 5.74) is 1.56. The van der Waals surface area contributed by atoms with E-state index in [2.05, 4.69) is 11.5 Å². The van der Waals surface area contributed by atoms with Crippen molar-refractivity contribution in [1.29, 1.82) is 0 Å². The lowest BCUT2D eigenvalue weighted by atomic mass is 10.1. The van der Waals surface area contributed by atoms with E-state index in [-0.39, 0.29) is 6.10 Å². The van der Waals surface area contributed by atoms with E-state index in [1.807, 2.05) is 53.7 Å². The van der Waals surface area contributed by atoms with Crippen molar-refractivity contribution in [2.75, 3.05) is 13.3 Å². The van der Waals surface area contributed by atoms with Crippen molar-refractivity contribution in [1.82, 2.24) is 9.80 Å². The maximum atomic E-state index is 6.80. The predicted molar refractivity (Wildman–Crippen MR) is 118 cm³/mol. The molecule has 0 aliphatic carbocycles. The second-order valence-electron chi connectivity index (χ2n) is 6.40. The van der Waals surface area contributed by atoms with E-state index in [9.17, 15) is 0 Å². The number of halogens is 4. The molecule has 1 aliphatic heterocycles. The van der Waals surface area contributed by atoms with Gasteiger partial charge in [-0.25, -0.2) is 0 Å². The highest BCUT2D eigenvalue weighted by Gasteiger charge is 2.29. The topological polar surface area (TPSA) is 15.7 Å². The minimum Gasteiger partial charge on any atom is -0.366 e. The molecule has 0 aromatic heterocycles. The molecule has 2 aromatic carbocycles. The van der Waals surface area contributed by atoms with Gasteiger partial charge < -0.3 is 14.5 Å². The van der Waals surface area contributed by atoms with E-state index in [1.54, 1.807) is 12.1 Å². The lowest BCUT2D eigenvalue weighted by molar-refractivity contribution is 0.0337. The zero-order valence-corrected chi connectivity index (χ0v) is 18.1. The third kappa shape index (κ3) is 5.37. The van der Waals surface area contributed by atoms with Crippen molar-refractivity contribution in [3.05, 3.63) is 93.7 Å². The van der Waals surface area contributed by atoms with E-state index >= 15 is 0 Å². The van der Waals surface area contributed by atoms with Gasteiger partial charge in [0.25, 0.3) is 0 Å². The molecule has 0 N–H and O–H groups in total. The van der Waals surface area contributed by atoms with Gasteiger partial charge in [-0.05, 0) is 35.4 Å². The molecule has 0 saturated carbocycles. The van der Waals surface area contributed by atoms with Crippen molar-refractivity contribution in [2.45, 2.75) is 18.1 Å². The molecule has 2 aromatic rings. The van der Waals surface area contributed by atoms with E-state index in [4.69, 9.17) is 51.1 Å². The first-order valence-electron chi connectivity index (χ1n) is 8.72. The molecule has 0 bridgehead atoms. The van der Waals surface area contributed by atoms with Crippen LogP contribution in [0.2, 0.25) is 15.1 Å². The Kier molecular flexibility index (Phi) is 7.55. The summed E-state index contributed by atoms with van der Waals surface area (Å²) in [6.07, 6.45) is 5.33. The third-order valence-electron chi connectivity index (χ3n) is 4.36. The first-order valence-corrected chi connectivity index (χ1v) is 10.3. The summed E-state index contributed by atoms with van der Waals surface area (Å²) in [5, 5.41) is 1.94. The van der Waals surface area contributed by atoms with Crippen LogP contribution in [0.3, 0.4) is 0 Å². The van der Waals surface area contributed by atoms with Crippen LogP contribution in [-0.2, 0) is 11.3 Å². The van der Waals surface area contributed by atoms with Gasteiger partial charge in [0.2, 0.25) is 0 Å². The first kappa shape index (κ1) is 21.4. The molecule has 7 heteroatoms. The highest BCUT2D eigenvalue weighted by molar-refractivity contribution is 6.35. The minimum atomic E-state index is -0.400. The Morgan fingerprint density at radius 1 is 1.04 bits per heavy atom. The summed E-state index contributed by atoms with van der Waals surface area (Å²) in [6.45, 7) is 5.40. The summed E-state index contributed by atoms with van der Waals surface area (Å²) in [6, 6.07) is 13.0. The molecule has 0 amide bonds. The van der Waals surface area contributed by atoms with Crippen LogP contribution < -0.4 is 0 Å². The Morgan fingerprint density at radius 3 is 2.43 bits per heavy atom. The number of alkyl halides is 1. The maximum Gasteiger partial charge on any atom is 0.135 e. The van der Waals surface area contributed by atoms with E-state index in [1.165, 1.54) is 0 Å². The van der Waals surface area contributed by atoms with Gasteiger partial charge in [-0.15, -0.1) is 6.58 Å². The number of rotatable bonds is 8. The molecule has 1 aliphatic rings. The number of ether oxygens (including phenoxy) is 1. The highest BCUT2D eigenvalue weighted by Crippen LogP contribution is 2.31. The quantitative estimate of drug-likeness (QED) is 0.249. The normalized spacial score (nSPS) is 15.7. The van der Waals surface area contributed by atoms with Crippen LogP contribution in [0.4, 0.5) is 0 Å². The molecular weight excluding hydrogens is 438 g/mol. The molecule has 2 atom stereocenters. The highest BCUT2D eigenvalue weighted by atomic mass is 35.5. The molecule has 148 valence electrons. The second-order valence-corrected chi connectivity index (χ2v) is 8.13. The molecular formula is C21H20Cl4N2O. The average Bonchev–Trinajstić information content (AvgIpc) is 3.14. The van der Waals surface area contributed by atoms with Crippen molar-refractivity contribution in [2.24, 2.45) is 0 Å². The number of hydrogen-bond acceptors (Lipinski definition) is 3. The molecule has 0 saturated heterocycles. The van der Waals surface area contributed by atoms with Crippen LogP contribution in [-0.4, -0.2) is 28.6 Å². The van der Waals surface area contributed by atoms with Gasteiger partial charge in [0.05, 0.1) is 13.3 Å². The Bertz CT molecular complexity index is 841. The maximum absolute atomic E-state index is 6.80. The fourth-order valence-corrected chi connectivity index (χ4v) is 3.89. The molecule has 28 heavy (non-hydrogen) atoms. The summed E-state index contributed by atoms with van der Waals surface area (Å²) >= 11 is 25.1. The van der Waals surface area contributed by atoms with Crippen LogP contribution in [0.1, 0.15) is 17.2 Å². The smallest absolute Gasteiger partial charge is 0.135 e. The summed E-state index contributed by atoms with van der Waals surface area (Å²) < 4.78 is 5.95. The van der Waals surface area contributed by atoms with Crippen molar-refractivity contribution in [3.8, 4) is 0 Å². The Labute approximate surface area is 185 Å². The van der Waals surface area contributed by atoms with Gasteiger partial charge in [-0.3, -0.25) is 0 Å². The monoisotopic (exact) mass is 456 g/mol. The van der Waals surface area contributed by atoms with E-state index in [0.29, 0.717) is 34.9 Å². The summed E-state index contributed by atoms with van der Waals surface area (Å²) in [5.74, 6) is 0. The van der Waals surface area contributed by atoms with Crippen LogP contribution >= 0.6 is 46.4 Å². The van der Waals surface area contributed by atoms with Crippen molar-refractivity contribution < 1.29 is 4.74 Å². The standard InChI is InChI=1S/C21H20Cl4N2O/c1-2-11-28-20(15-3-6-17(22)7-4-15)21(25)27-10-9-26(14-27)13-16-5-8-18(23)12-19(16)24/h2-10,12,20-21H,1,11,13-14H2. The van der Waals surface area contributed by atoms with E-state index < -0.39 is 5.50 Å². The molecule has 0 spiro atoms. The van der Waals surface area contributed by atoms with Gasteiger partial charge in [-0.1, -0.05) is 70.7 Å². The molecule has 0 fully saturated rings. The van der Waals surface area contributed by atoms with E-state index in [0.717, 1.165) is 11.1 Å². The number of benzene rings is 2.